The maximum absolute atomic E-state index is 5.10. The van der Waals surface area contributed by atoms with E-state index >= 15 is 0 Å². The topological polar surface area (TPSA) is 0 Å². The number of terminal acetylenes is 1. The molecule has 0 N–H and O–H groups in total. The first-order valence-corrected chi connectivity index (χ1v) is 5.81. The van der Waals surface area contributed by atoms with Gasteiger partial charge in [-0.2, -0.15) is 11.8 Å². The number of hydrogen-bond donors (Lipinski definition) is 0. The fourth-order valence-corrected chi connectivity index (χ4v) is 1.24. The minimum Gasteiger partial charge on any atom is -0.154 e. The van der Waals surface area contributed by atoms with Gasteiger partial charge in [0.05, 0.1) is 0 Å². The Hall–Kier alpha value is -1.39. The van der Waals surface area contributed by atoms with Crippen LogP contribution in [0.25, 0.3) is 0 Å². The first kappa shape index (κ1) is 13.6. The Balaban J connectivity index is 0.000000265. The van der Waals surface area contributed by atoms with Gasteiger partial charge in [0.15, 0.2) is 0 Å². The predicted octanol–water partition coefficient (Wildman–Crippen LogP) is 3.76. The molecule has 0 bridgehead atoms. The Labute approximate surface area is 97.1 Å². The van der Waals surface area contributed by atoms with Gasteiger partial charge in [-0.1, -0.05) is 36.3 Å². The molecule has 0 radical (unpaired) electrons. The van der Waals surface area contributed by atoms with Crippen molar-refractivity contribution in [3.63, 3.8) is 0 Å². The molecule has 0 unspecified atom stereocenters. The van der Waals surface area contributed by atoms with Crippen LogP contribution in [-0.2, 0) is 0 Å². The van der Waals surface area contributed by atoms with Gasteiger partial charge in [-0.15, -0.1) is 19.6 Å². The van der Waals surface area contributed by atoms with Gasteiger partial charge in [0.25, 0.3) is 0 Å². The molecule has 0 aliphatic heterocycles. The van der Waals surface area contributed by atoms with Crippen molar-refractivity contribution in [3.8, 4) is 12.3 Å². The SMILES string of the molecule is C#Cc1ccccc1.C=CCSCC=C. The highest BCUT2D eigenvalue weighted by Gasteiger charge is 1.76. The highest BCUT2D eigenvalue weighted by Crippen LogP contribution is 1.97. The molecule has 0 saturated carbocycles. The van der Waals surface area contributed by atoms with Crippen molar-refractivity contribution in [2.75, 3.05) is 11.5 Å². The van der Waals surface area contributed by atoms with E-state index in [1.807, 2.05) is 54.2 Å². The molecule has 0 atom stereocenters. The number of hydrogen-bond acceptors (Lipinski definition) is 1. The van der Waals surface area contributed by atoms with E-state index in [0.29, 0.717) is 0 Å². The molecule has 1 rings (SSSR count). The zero-order chi connectivity index (χ0) is 11.4. The van der Waals surface area contributed by atoms with Crippen molar-refractivity contribution in [2.24, 2.45) is 0 Å². The second kappa shape index (κ2) is 10.7. The van der Waals surface area contributed by atoms with Crippen LogP contribution in [0.3, 0.4) is 0 Å². The summed E-state index contributed by atoms with van der Waals surface area (Å²) in [6, 6.07) is 9.60. The Kier molecular flexibility index (Phi) is 9.70. The third kappa shape index (κ3) is 8.93. The van der Waals surface area contributed by atoms with Crippen LogP contribution in [0.1, 0.15) is 5.56 Å². The first-order valence-electron chi connectivity index (χ1n) is 4.66. The summed E-state index contributed by atoms with van der Waals surface area (Å²) in [5.41, 5.74) is 0.938. The summed E-state index contributed by atoms with van der Waals surface area (Å²) < 4.78 is 0. The molecule has 1 aromatic carbocycles. The van der Waals surface area contributed by atoms with Crippen LogP contribution < -0.4 is 0 Å². The van der Waals surface area contributed by atoms with E-state index in [0.717, 1.165) is 17.1 Å². The molecule has 0 spiro atoms. The largest absolute Gasteiger partial charge is 0.154 e. The number of rotatable bonds is 4. The van der Waals surface area contributed by atoms with Crippen molar-refractivity contribution in [3.05, 3.63) is 61.2 Å². The maximum atomic E-state index is 5.10. The van der Waals surface area contributed by atoms with Crippen LogP contribution in [0, 0.1) is 12.3 Å². The maximum Gasteiger partial charge on any atom is 0.0242 e. The Morgan fingerprint density at radius 1 is 1.13 bits per heavy atom. The molecule has 78 valence electrons. The van der Waals surface area contributed by atoms with Gasteiger partial charge < -0.3 is 0 Å². The number of thioether (sulfide) groups is 1. The summed E-state index contributed by atoms with van der Waals surface area (Å²) in [5, 5.41) is 0. The zero-order valence-corrected chi connectivity index (χ0v) is 9.67. The first-order chi connectivity index (χ1) is 7.35. The van der Waals surface area contributed by atoms with Gasteiger partial charge in [-0.3, -0.25) is 0 Å². The Morgan fingerprint density at radius 2 is 1.67 bits per heavy atom. The summed E-state index contributed by atoms with van der Waals surface area (Å²) in [6.07, 6.45) is 8.89. The fourth-order valence-electron chi connectivity index (χ4n) is 0.769. The van der Waals surface area contributed by atoms with E-state index in [9.17, 15) is 0 Å². The van der Waals surface area contributed by atoms with E-state index < -0.39 is 0 Å². The molecular weight excluding hydrogens is 200 g/mol. The molecule has 0 aliphatic carbocycles. The fraction of sp³-hybridized carbons (Fsp3) is 0.143. The smallest absolute Gasteiger partial charge is 0.0242 e. The zero-order valence-electron chi connectivity index (χ0n) is 8.86. The second-order valence-corrected chi connectivity index (χ2v) is 3.70. The van der Waals surface area contributed by atoms with Gasteiger partial charge in [0, 0.05) is 17.1 Å². The van der Waals surface area contributed by atoms with E-state index in [1.54, 1.807) is 0 Å². The summed E-state index contributed by atoms with van der Waals surface area (Å²) in [5.74, 6) is 4.59. The summed E-state index contributed by atoms with van der Waals surface area (Å²) in [4.78, 5) is 0. The number of benzene rings is 1. The molecule has 15 heavy (non-hydrogen) atoms. The average Bonchev–Trinajstić information content (AvgIpc) is 2.32. The molecule has 0 aliphatic rings. The van der Waals surface area contributed by atoms with Gasteiger partial charge in [-0.25, -0.2) is 0 Å². The second-order valence-electron chi connectivity index (χ2n) is 2.63. The van der Waals surface area contributed by atoms with Crippen molar-refractivity contribution < 1.29 is 0 Å². The Morgan fingerprint density at radius 3 is 2.00 bits per heavy atom. The lowest BCUT2D eigenvalue weighted by molar-refractivity contribution is 1.65. The molecule has 0 nitrogen and oxygen atoms in total. The van der Waals surface area contributed by atoms with Crippen LogP contribution in [0.4, 0.5) is 0 Å². The van der Waals surface area contributed by atoms with E-state index in [4.69, 9.17) is 6.42 Å². The predicted molar refractivity (Wildman–Crippen MR) is 72.1 cm³/mol. The van der Waals surface area contributed by atoms with Crippen LogP contribution >= 0.6 is 11.8 Å². The molecule has 1 heteroatoms. The van der Waals surface area contributed by atoms with Crippen LogP contribution in [0.15, 0.2) is 55.6 Å². The molecule has 0 amide bonds. The summed E-state index contributed by atoms with van der Waals surface area (Å²) in [6.45, 7) is 7.15. The summed E-state index contributed by atoms with van der Waals surface area (Å²) >= 11 is 1.82. The molecule has 0 aromatic heterocycles. The molecule has 0 heterocycles. The third-order valence-corrected chi connectivity index (χ3v) is 2.35. The van der Waals surface area contributed by atoms with E-state index in [-0.39, 0.29) is 0 Å². The van der Waals surface area contributed by atoms with Crippen molar-refractivity contribution in [1.29, 1.82) is 0 Å². The van der Waals surface area contributed by atoms with Gasteiger partial charge in [-0.05, 0) is 12.1 Å². The molecular formula is C14H16S. The van der Waals surface area contributed by atoms with Crippen LogP contribution in [0.5, 0.6) is 0 Å². The van der Waals surface area contributed by atoms with E-state index in [2.05, 4.69) is 19.1 Å². The minimum absolute atomic E-state index is 0.938. The lowest BCUT2D eigenvalue weighted by Crippen LogP contribution is -1.69. The molecule has 0 saturated heterocycles. The lowest BCUT2D eigenvalue weighted by Gasteiger charge is -1.85. The molecule has 0 fully saturated rings. The van der Waals surface area contributed by atoms with Gasteiger partial charge in [0.2, 0.25) is 0 Å². The third-order valence-electron chi connectivity index (χ3n) is 1.41. The normalized spacial score (nSPS) is 7.93. The van der Waals surface area contributed by atoms with Crippen LogP contribution in [0.2, 0.25) is 0 Å². The quantitative estimate of drug-likeness (QED) is 0.419. The van der Waals surface area contributed by atoms with Gasteiger partial charge >= 0.3 is 0 Å². The lowest BCUT2D eigenvalue weighted by atomic mass is 10.2. The minimum atomic E-state index is 0.938. The average molecular weight is 216 g/mol. The highest BCUT2D eigenvalue weighted by molar-refractivity contribution is 7.99. The monoisotopic (exact) mass is 216 g/mol. The van der Waals surface area contributed by atoms with Gasteiger partial charge in [0.1, 0.15) is 0 Å². The van der Waals surface area contributed by atoms with Crippen molar-refractivity contribution in [1.82, 2.24) is 0 Å². The van der Waals surface area contributed by atoms with Crippen molar-refractivity contribution in [2.45, 2.75) is 0 Å². The molecule has 1 aromatic rings. The van der Waals surface area contributed by atoms with Crippen molar-refractivity contribution >= 4 is 11.8 Å². The summed E-state index contributed by atoms with van der Waals surface area (Å²) in [7, 11) is 0. The highest BCUT2D eigenvalue weighted by atomic mass is 32.2. The van der Waals surface area contributed by atoms with E-state index in [1.165, 1.54) is 0 Å². The standard InChI is InChI=1S/C8H6.C6H10S/c1-2-8-6-4-3-5-7-8;1-3-5-7-6-4-2/h1,3-7H;3-4H,1-2,5-6H2. The Bertz CT molecular complexity index is 298. The van der Waals surface area contributed by atoms with Crippen LogP contribution in [-0.4, -0.2) is 11.5 Å².